The number of para-hydroxylation sites is 1. The zero-order valence-electron chi connectivity index (χ0n) is 12.7. The van der Waals surface area contributed by atoms with Crippen molar-refractivity contribution in [3.63, 3.8) is 0 Å². The van der Waals surface area contributed by atoms with E-state index in [1.807, 2.05) is 6.07 Å². The van der Waals surface area contributed by atoms with Crippen molar-refractivity contribution >= 4 is 13.5 Å². The van der Waals surface area contributed by atoms with Crippen molar-refractivity contribution in [3.8, 4) is 5.75 Å². The number of nitrogens with one attached hydrogen (secondary N) is 2. The van der Waals surface area contributed by atoms with Crippen LogP contribution in [0.2, 0.25) is 0 Å². The maximum Gasteiger partial charge on any atom is 0.323 e. The highest BCUT2D eigenvalue weighted by Gasteiger charge is 2.29. The molecule has 0 aliphatic heterocycles. The number of hydrogen-bond acceptors (Lipinski definition) is 5. The molecule has 0 aliphatic rings. The molecule has 1 aromatic rings. The number of ether oxygens (including phenoxy) is 1. The molecule has 0 saturated heterocycles. The van der Waals surface area contributed by atoms with Gasteiger partial charge in [0.2, 0.25) is 0 Å². The number of esters is 1. The topological polar surface area (TPSA) is 76.7 Å². The van der Waals surface area contributed by atoms with Crippen molar-refractivity contribution in [1.29, 1.82) is 0 Å². The first-order valence-electron chi connectivity index (χ1n) is 6.93. The normalized spacial score (nSPS) is 15.0. The molecule has 0 heterocycles. The Balaban J connectivity index is 2.78. The summed E-state index contributed by atoms with van der Waals surface area (Å²) in [4.78, 5) is 11.7. The van der Waals surface area contributed by atoms with Crippen molar-refractivity contribution in [1.82, 2.24) is 10.4 Å². The van der Waals surface area contributed by atoms with Gasteiger partial charge in [0.05, 0.1) is 12.8 Å². The van der Waals surface area contributed by atoms with E-state index in [0.717, 1.165) is 0 Å². The van der Waals surface area contributed by atoms with E-state index in [1.165, 1.54) is 0 Å². The molecule has 1 rings (SSSR count). The predicted octanol–water partition coefficient (Wildman–Crippen LogP) is 2.02. The van der Waals surface area contributed by atoms with Crippen LogP contribution in [-0.4, -0.2) is 38.4 Å². The van der Waals surface area contributed by atoms with E-state index in [4.69, 9.17) is 9.26 Å². The van der Waals surface area contributed by atoms with E-state index in [9.17, 15) is 9.36 Å². The Labute approximate surface area is 125 Å². The molecule has 0 radical (unpaired) electrons. The van der Waals surface area contributed by atoms with Crippen LogP contribution in [0.25, 0.3) is 0 Å². The zero-order valence-corrected chi connectivity index (χ0v) is 13.6. The van der Waals surface area contributed by atoms with E-state index < -0.39 is 19.5 Å². The highest BCUT2D eigenvalue weighted by Crippen LogP contribution is 2.43. The van der Waals surface area contributed by atoms with Crippen molar-refractivity contribution in [3.05, 3.63) is 30.3 Å². The second-order valence-corrected chi connectivity index (χ2v) is 6.74. The third-order valence-electron chi connectivity index (χ3n) is 2.68. The largest absolute Gasteiger partial charge is 0.465 e. The van der Waals surface area contributed by atoms with E-state index in [-0.39, 0.29) is 12.8 Å². The Bertz CT molecular complexity index is 481. The van der Waals surface area contributed by atoms with Crippen LogP contribution in [0.4, 0.5) is 0 Å². The summed E-state index contributed by atoms with van der Waals surface area (Å²) in [5.41, 5.74) is 0. The number of rotatable bonds is 9. The Hall–Kier alpha value is -1.36. The van der Waals surface area contributed by atoms with Gasteiger partial charge in [-0.25, -0.2) is 5.09 Å². The van der Waals surface area contributed by atoms with E-state index in [2.05, 4.69) is 10.4 Å². The molecule has 2 N–H and O–H groups in total. The predicted molar refractivity (Wildman–Crippen MR) is 82.7 cm³/mol. The van der Waals surface area contributed by atoms with Gasteiger partial charge in [-0.3, -0.25) is 9.36 Å². The highest BCUT2D eigenvalue weighted by atomic mass is 31.2. The van der Waals surface area contributed by atoms with Crippen molar-refractivity contribution in [2.45, 2.75) is 19.9 Å². The highest BCUT2D eigenvalue weighted by molar-refractivity contribution is 7.57. The molecule has 1 aromatic carbocycles. The summed E-state index contributed by atoms with van der Waals surface area (Å²) in [5, 5.41) is 5.71. The van der Waals surface area contributed by atoms with E-state index in [0.29, 0.717) is 12.3 Å². The fourth-order valence-electron chi connectivity index (χ4n) is 1.66. The van der Waals surface area contributed by atoms with Gasteiger partial charge in [0.25, 0.3) is 0 Å². The average Bonchev–Trinajstić information content (AvgIpc) is 2.46. The monoisotopic (exact) mass is 314 g/mol. The molecule has 21 heavy (non-hydrogen) atoms. The van der Waals surface area contributed by atoms with Crippen molar-refractivity contribution in [2.75, 3.05) is 26.4 Å². The van der Waals surface area contributed by atoms with Crippen LogP contribution >= 0.6 is 7.52 Å². The average molecular weight is 314 g/mol. The van der Waals surface area contributed by atoms with Crippen molar-refractivity contribution < 1.29 is 18.6 Å². The van der Waals surface area contributed by atoms with Crippen LogP contribution < -0.4 is 14.9 Å². The van der Waals surface area contributed by atoms with Crippen LogP contribution in [0.1, 0.15) is 13.8 Å². The molecule has 2 atom stereocenters. The van der Waals surface area contributed by atoms with E-state index >= 15 is 0 Å². The fourth-order valence-corrected chi connectivity index (χ4v) is 3.61. The summed E-state index contributed by atoms with van der Waals surface area (Å²) >= 11 is 0. The van der Waals surface area contributed by atoms with Gasteiger partial charge in [-0.05, 0) is 33.0 Å². The minimum Gasteiger partial charge on any atom is -0.465 e. The number of carbonyl (C=O) groups excluding carboxylic acids is 1. The lowest BCUT2D eigenvalue weighted by molar-refractivity contribution is -0.144. The summed E-state index contributed by atoms with van der Waals surface area (Å²) in [6, 6.07) is 8.20. The molecule has 0 saturated carbocycles. The summed E-state index contributed by atoms with van der Waals surface area (Å²) < 4.78 is 23.4. The van der Waals surface area contributed by atoms with Gasteiger partial charge in [0, 0.05) is 6.54 Å². The van der Waals surface area contributed by atoms with Crippen LogP contribution in [0.15, 0.2) is 30.3 Å². The van der Waals surface area contributed by atoms with Gasteiger partial charge in [-0.15, -0.1) is 0 Å². The molecule has 7 heteroatoms. The first-order chi connectivity index (χ1) is 10.0. The first-order valence-corrected chi connectivity index (χ1v) is 8.74. The number of benzene rings is 1. The van der Waals surface area contributed by atoms with Crippen LogP contribution in [0.3, 0.4) is 0 Å². The second-order valence-electron chi connectivity index (χ2n) is 4.51. The molecule has 0 bridgehead atoms. The molecule has 0 amide bonds. The summed E-state index contributed by atoms with van der Waals surface area (Å²) in [6.45, 7) is 4.13. The Morgan fingerprint density at radius 2 is 2.00 bits per heavy atom. The van der Waals surface area contributed by atoms with Gasteiger partial charge in [0.15, 0.2) is 0 Å². The smallest absolute Gasteiger partial charge is 0.323 e. The summed E-state index contributed by atoms with van der Waals surface area (Å²) in [5.74, 6) is 0.0549. The Morgan fingerprint density at radius 3 is 2.57 bits per heavy atom. The number of hydrogen-bond donors (Lipinski definition) is 2. The first kappa shape index (κ1) is 17.7. The molecule has 0 aliphatic carbocycles. The summed E-state index contributed by atoms with van der Waals surface area (Å²) in [6.07, 6.45) is 0.266. The second kappa shape index (κ2) is 8.82. The SMILES string of the molecule is CCOC(=O)[C@H](C)NP(=O)(CCNC)Oc1ccccc1. The minimum absolute atomic E-state index is 0.266. The number of carbonyl (C=O) groups is 1. The Morgan fingerprint density at radius 1 is 1.33 bits per heavy atom. The molecule has 0 aromatic heterocycles. The molecule has 0 spiro atoms. The molecule has 1 unspecified atom stereocenters. The lowest BCUT2D eigenvalue weighted by atomic mass is 10.3. The minimum atomic E-state index is -3.20. The molecule has 6 nitrogen and oxygen atoms in total. The zero-order chi connectivity index (χ0) is 15.7. The van der Waals surface area contributed by atoms with Crippen molar-refractivity contribution in [2.24, 2.45) is 0 Å². The maximum absolute atomic E-state index is 12.9. The van der Waals surface area contributed by atoms with E-state index in [1.54, 1.807) is 45.2 Å². The van der Waals surface area contributed by atoms with Gasteiger partial charge in [-0.1, -0.05) is 18.2 Å². The van der Waals surface area contributed by atoms with Gasteiger partial charge < -0.3 is 14.6 Å². The molecular formula is C14H23N2O4P. The third-order valence-corrected chi connectivity index (χ3v) is 4.78. The lowest BCUT2D eigenvalue weighted by Gasteiger charge is -2.23. The van der Waals surface area contributed by atoms with Crippen LogP contribution in [-0.2, 0) is 14.1 Å². The van der Waals surface area contributed by atoms with Gasteiger partial charge in [-0.2, -0.15) is 0 Å². The third kappa shape index (κ3) is 6.29. The quantitative estimate of drug-likeness (QED) is 0.536. The Kier molecular flexibility index (Phi) is 7.43. The fraction of sp³-hybridized carbons (Fsp3) is 0.500. The standard InChI is InChI=1S/C14H23N2O4P/c1-4-19-14(17)12(2)16-21(18,11-10-15-3)20-13-8-6-5-7-9-13/h5-9,12,15H,4,10-11H2,1-3H3,(H,16,18)/t12-,21?/m0/s1. The van der Waals surface area contributed by atoms with Crippen LogP contribution in [0, 0.1) is 0 Å². The lowest BCUT2D eigenvalue weighted by Crippen LogP contribution is -2.36. The molecule has 118 valence electrons. The maximum atomic E-state index is 12.9. The summed E-state index contributed by atoms with van der Waals surface area (Å²) in [7, 11) is -1.44. The van der Waals surface area contributed by atoms with Crippen LogP contribution in [0.5, 0.6) is 5.75 Å². The van der Waals surface area contributed by atoms with Gasteiger partial charge >= 0.3 is 13.5 Å². The molecule has 0 fully saturated rings. The van der Waals surface area contributed by atoms with Gasteiger partial charge in [0.1, 0.15) is 11.8 Å². The molecular weight excluding hydrogens is 291 g/mol.